The van der Waals surface area contributed by atoms with Gasteiger partial charge in [-0.05, 0) is 36.8 Å². The quantitative estimate of drug-likeness (QED) is 0.808. The Kier molecular flexibility index (Phi) is 6.03. The van der Waals surface area contributed by atoms with Crippen LogP contribution in [0, 0.1) is 17.6 Å². The fraction of sp³-hybridized carbons (Fsp3) is 0.389. The van der Waals surface area contributed by atoms with Gasteiger partial charge in [-0.25, -0.2) is 21.9 Å². The zero-order valence-corrected chi connectivity index (χ0v) is 15.5. The van der Waals surface area contributed by atoms with Gasteiger partial charge >= 0.3 is 0 Å². The maximum atomic E-state index is 14.4. The van der Waals surface area contributed by atoms with Gasteiger partial charge in [0.25, 0.3) is 0 Å². The summed E-state index contributed by atoms with van der Waals surface area (Å²) >= 11 is 0. The molecule has 2 aromatic rings. The van der Waals surface area contributed by atoms with Crippen molar-refractivity contribution in [2.24, 2.45) is 5.92 Å². The number of halogens is 2. The number of benzene rings is 1. The van der Waals surface area contributed by atoms with E-state index in [1.807, 2.05) is 0 Å². The van der Waals surface area contributed by atoms with Gasteiger partial charge in [-0.3, -0.25) is 4.98 Å². The Morgan fingerprint density at radius 3 is 2.78 bits per heavy atom. The highest BCUT2D eigenvalue weighted by atomic mass is 32.2. The van der Waals surface area contributed by atoms with Crippen LogP contribution in [0.2, 0.25) is 0 Å². The summed E-state index contributed by atoms with van der Waals surface area (Å²) in [7, 11) is -3.38. The Balaban J connectivity index is 1.67. The highest BCUT2D eigenvalue weighted by Crippen LogP contribution is 2.26. The first kappa shape index (κ1) is 19.7. The van der Waals surface area contributed by atoms with E-state index in [0.717, 1.165) is 12.5 Å². The second-order valence-corrected chi connectivity index (χ2v) is 8.22. The van der Waals surface area contributed by atoms with Gasteiger partial charge in [0.15, 0.2) is 11.6 Å². The smallest absolute Gasteiger partial charge is 0.209 e. The summed E-state index contributed by atoms with van der Waals surface area (Å²) in [5, 5.41) is 0. The molecule has 1 saturated heterocycles. The fourth-order valence-electron chi connectivity index (χ4n) is 2.91. The van der Waals surface area contributed by atoms with E-state index in [1.165, 1.54) is 24.3 Å². The van der Waals surface area contributed by atoms with Crippen LogP contribution in [0.4, 0.5) is 8.78 Å². The molecule has 0 spiro atoms. The number of pyridine rings is 1. The van der Waals surface area contributed by atoms with Crippen LogP contribution in [0.3, 0.4) is 0 Å². The van der Waals surface area contributed by atoms with Gasteiger partial charge in [-0.2, -0.15) is 0 Å². The van der Waals surface area contributed by atoms with E-state index >= 15 is 0 Å². The van der Waals surface area contributed by atoms with Crippen LogP contribution in [0.25, 0.3) is 11.3 Å². The molecule has 0 unspecified atom stereocenters. The van der Waals surface area contributed by atoms with Gasteiger partial charge in [0, 0.05) is 18.1 Å². The molecular weight excluding hydrogens is 378 g/mol. The summed E-state index contributed by atoms with van der Waals surface area (Å²) in [6.45, 7) is 0.897. The second kappa shape index (κ2) is 8.28. The number of hydrogen-bond donors (Lipinski definition) is 1. The molecule has 2 heterocycles. The van der Waals surface area contributed by atoms with Crippen molar-refractivity contribution in [1.29, 1.82) is 0 Å². The predicted octanol–water partition coefficient (Wildman–Crippen LogP) is 2.36. The molecular formula is C18H20F2N2O4S. The van der Waals surface area contributed by atoms with Crippen LogP contribution in [0.1, 0.15) is 6.42 Å². The number of ether oxygens (including phenoxy) is 2. The Bertz CT molecular complexity index is 891. The van der Waals surface area contributed by atoms with E-state index in [2.05, 4.69) is 9.71 Å². The number of hydrogen-bond acceptors (Lipinski definition) is 5. The lowest BCUT2D eigenvalue weighted by atomic mass is 9.97. The van der Waals surface area contributed by atoms with Crippen molar-refractivity contribution in [1.82, 2.24) is 9.71 Å². The molecule has 1 N–H and O–H groups in total. The Hall–Kier alpha value is -2.10. The Morgan fingerprint density at radius 1 is 1.30 bits per heavy atom. The molecule has 0 saturated carbocycles. The van der Waals surface area contributed by atoms with Crippen molar-refractivity contribution in [2.45, 2.75) is 12.5 Å². The first-order valence-corrected chi connectivity index (χ1v) is 10.3. The lowest BCUT2D eigenvalue weighted by Crippen LogP contribution is -2.48. The largest absolute Gasteiger partial charge is 0.490 e. The molecule has 0 aliphatic carbocycles. The minimum Gasteiger partial charge on any atom is -0.490 e. The summed E-state index contributed by atoms with van der Waals surface area (Å²) in [5.41, 5.74) is 0.950. The van der Waals surface area contributed by atoms with E-state index in [9.17, 15) is 17.2 Å². The number of nitrogens with zero attached hydrogens (tertiary/aromatic N) is 1. The van der Waals surface area contributed by atoms with Gasteiger partial charge in [0.1, 0.15) is 5.82 Å². The molecule has 3 rings (SSSR count). The lowest BCUT2D eigenvalue weighted by Gasteiger charge is -2.31. The minimum absolute atomic E-state index is 0.0606. The van der Waals surface area contributed by atoms with Crippen molar-refractivity contribution in [3.05, 3.63) is 48.2 Å². The molecule has 1 aliphatic heterocycles. The van der Waals surface area contributed by atoms with Crippen molar-refractivity contribution < 1.29 is 26.7 Å². The first-order valence-electron chi connectivity index (χ1n) is 8.41. The number of sulfonamides is 1. The van der Waals surface area contributed by atoms with Gasteiger partial charge in [0.2, 0.25) is 10.0 Å². The van der Waals surface area contributed by atoms with Crippen molar-refractivity contribution >= 4 is 10.0 Å². The predicted molar refractivity (Wildman–Crippen MR) is 95.8 cm³/mol. The van der Waals surface area contributed by atoms with Gasteiger partial charge in [-0.15, -0.1) is 0 Å². The third-order valence-corrected chi connectivity index (χ3v) is 5.00. The van der Waals surface area contributed by atoms with E-state index in [0.29, 0.717) is 24.3 Å². The zero-order valence-electron chi connectivity index (χ0n) is 14.7. The number of aromatic nitrogens is 1. The van der Waals surface area contributed by atoms with Crippen LogP contribution < -0.4 is 9.46 Å². The number of rotatable bonds is 6. The lowest BCUT2D eigenvalue weighted by molar-refractivity contribution is 0.0270. The van der Waals surface area contributed by atoms with Crippen LogP contribution >= 0.6 is 0 Å². The molecule has 9 heteroatoms. The molecule has 1 aliphatic rings. The van der Waals surface area contributed by atoms with E-state index in [4.69, 9.17) is 9.47 Å². The third kappa shape index (κ3) is 5.44. The molecule has 2 atom stereocenters. The SMILES string of the molecule is CS(=O)(=O)N[C@H]1COCC[C@@H]1COc1ccc(-c2ccc(F)cn2)cc1F. The topological polar surface area (TPSA) is 77.5 Å². The average Bonchev–Trinajstić information content (AvgIpc) is 2.61. The summed E-state index contributed by atoms with van der Waals surface area (Å²) in [5.74, 6) is -1.11. The summed E-state index contributed by atoms with van der Waals surface area (Å²) in [6, 6.07) is 6.69. The van der Waals surface area contributed by atoms with E-state index < -0.39 is 27.7 Å². The highest BCUT2D eigenvalue weighted by molar-refractivity contribution is 7.88. The third-order valence-electron chi connectivity index (χ3n) is 4.27. The standard InChI is InChI=1S/C18H20F2N2O4S/c1-27(23,24)22-17-11-25-7-6-13(17)10-26-18-5-2-12(8-15(18)20)16-4-3-14(19)9-21-16/h2-5,8-9,13,17,22H,6-7,10-11H2,1H3/t13-,17+/m1/s1. The zero-order chi connectivity index (χ0) is 19.4. The van der Waals surface area contributed by atoms with Crippen LogP contribution in [0.15, 0.2) is 36.5 Å². The Morgan fingerprint density at radius 2 is 2.11 bits per heavy atom. The minimum atomic E-state index is -3.38. The van der Waals surface area contributed by atoms with Crippen LogP contribution in [-0.4, -0.2) is 45.5 Å². The maximum Gasteiger partial charge on any atom is 0.209 e. The first-order chi connectivity index (χ1) is 12.8. The Labute approximate surface area is 156 Å². The molecule has 0 bridgehead atoms. The summed E-state index contributed by atoms with van der Waals surface area (Å²) in [6.07, 6.45) is 2.76. The molecule has 27 heavy (non-hydrogen) atoms. The molecule has 146 valence electrons. The van der Waals surface area contributed by atoms with Gasteiger partial charge < -0.3 is 9.47 Å². The molecule has 0 radical (unpaired) electrons. The normalized spacial score (nSPS) is 20.4. The van der Waals surface area contributed by atoms with Crippen LogP contribution in [-0.2, 0) is 14.8 Å². The van der Waals surface area contributed by atoms with Crippen molar-refractivity contribution in [3.8, 4) is 17.0 Å². The van der Waals surface area contributed by atoms with Gasteiger partial charge in [0.05, 0.1) is 37.4 Å². The molecule has 1 aromatic carbocycles. The maximum absolute atomic E-state index is 14.4. The molecule has 1 fully saturated rings. The number of nitrogens with one attached hydrogen (secondary N) is 1. The van der Waals surface area contributed by atoms with Crippen LogP contribution in [0.5, 0.6) is 5.75 Å². The average molecular weight is 398 g/mol. The second-order valence-electron chi connectivity index (χ2n) is 6.44. The molecule has 1 aromatic heterocycles. The monoisotopic (exact) mass is 398 g/mol. The summed E-state index contributed by atoms with van der Waals surface area (Å²) < 4.78 is 63.7. The molecule has 0 amide bonds. The van der Waals surface area contributed by atoms with E-state index in [-0.39, 0.29) is 24.9 Å². The summed E-state index contributed by atoms with van der Waals surface area (Å²) in [4.78, 5) is 3.92. The molecule has 6 nitrogen and oxygen atoms in total. The highest BCUT2D eigenvalue weighted by Gasteiger charge is 2.29. The van der Waals surface area contributed by atoms with Crippen molar-refractivity contribution in [3.63, 3.8) is 0 Å². The van der Waals surface area contributed by atoms with Crippen molar-refractivity contribution in [2.75, 3.05) is 26.1 Å². The fourth-order valence-corrected chi connectivity index (χ4v) is 3.72. The van der Waals surface area contributed by atoms with Gasteiger partial charge in [-0.1, -0.05) is 0 Å². The van der Waals surface area contributed by atoms with E-state index in [1.54, 1.807) is 6.07 Å².